The van der Waals surface area contributed by atoms with Gasteiger partial charge in [-0.3, -0.25) is 0 Å². The molecule has 110 valence electrons. The van der Waals surface area contributed by atoms with E-state index < -0.39 is 11.8 Å². The minimum absolute atomic E-state index is 0.0419. The molecule has 1 aromatic carbocycles. The quantitative estimate of drug-likeness (QED) is 0.734. The minimum atomic E-state index is -1.23. The molecule has 1 aliphatic heterocycles. The van der Waals surface area contributed by atoms with Crippen molar-refractivity contribution in [2.75, 3.05) is 23.8 Å². The van der Waals surface area contributed by atoms with Crippen molar-refractivity contribution in [2.24, 2.45) is 0 Å². The summed E-state index contributed by atoms with van der Waals surface area (Å²) < 4.78 is 13.5. The molecule has 0 spiro atoms. The summed E-state index contributed by atoms with van der Waals surface area (Å²) >= 11 is 0. The first kappa shape index (κ1) is 14.6. The normalized spacial score (nSPS) is 19.1. The molecule has 2 rings (SSSR count). The topological polar surface area (TPSA) is 86.8 Å². The van der Waals surface area contributed by atoms with E-state index in [9.17, 15) is 14.3 Å². The second-order valence-corrected chi connectivity index (χ2v) is 5.02. The Morgan fingerprint density at radius 3 is 2.85 bits per heavy atom. The standard InChI is InChI=1S/C14H19FN2O3/c15-10-4-5-11(12(13(10)16)14(19)20)17-7-2-1-3-9(17)6-8-18/h4-5,9,18H,1-3,6-8,16H2,(H,19,20). The van der Waals surface area contributed by atoms with Crippen LogP contribution in [0.2, 0.25) is 0 Å². The fraction of sp³-hybridized carbons (Fsp3) is 0.500. The summed E-state index contributed by atoms with van der Waals surface area (Å²) in [5, 5.41) is 18.4. The second-order valence-electron chi connectivity index (χ2n) is 5.02. The lowest BCUT2D eigenvalue weighted by atomic mass is 9.97. The summed E-state index contributed by atoms with van der Waals surface area (Å²) in [5.74, 6) is -1.95. The summed E-state index contributed by atoms with van der Waals surface area (Å²) in [4.78, 5) is 13.3. The predicted molar refractivity (Wildman–Crippen MR) is 74.5 cm³/mol. The predicted octanol–water partition coefficient (Wildman–Crippen LogP) is 1.85. The van der Waals surface area contributed by atoms with Crippen LogP contribution < -0.4 is 10.6 Å². The Morgan fingerprint density at radius 2 is 2.20 bits per heavy atom. The number of carboxylic acid groups (broad SMARTS) is 1. The van der Waals surface area contributed by atoms with Crippen molar-refractivity contribution in [2.45, 2.75) is 31.7 Å². The smallest absolute Gasteiger partial charge is 0.340 e. The maximum atomic E-state index is 13.5. The number of nitrogens with zero attached hydrogens (tertiary/aromatic N) is 1. The van der Waals surface area contributed by atoms with Crippen molar-refractivity contribution in [1.82, 2.24) is 0 Å². The summed E-state index contributed by atoms with van der Waals surface area (Å²) in [7, 11) is 0. The van der Waals surface area contributed by atoms with E-state index in [-0.39, 0.29) is 23.9 Å². The van der Waals surface area contributed by atoms with Gasteiger partial charge < -0.3 is 20.8 Å². The maximum Gasteiger partial charge on any atom is 0.340 e. The minimum Gasteiger partial charge on any atom is -0.478 e. The van der Waals surface area contributed by atoms with E-state index in [1.54, 1.807) is 0 Å². The van der Waals surface area contributed by atoms with Gasteiger partial charge in [0.1, 0.15) is 11.4 Å². The van der Waals surface area contributed by atoms with Gasteiger partial charge in [0, 0.05) is 19.2 Å². The number of carboxylic acids is 1. The lowest BCUT2D eigenvalue weighted by molar-refractivity contribution is 0.0698. The zero-order chi connectivity index (χ0) is 14.7. The van der Waals surface area contributed by atoms with Gasteiger partial charge in [0.25, 0.3) is 0 Å². The van der Waals surface area contributed by atoms with Crippen molar-refractivity contribution in [3.05, 3.63) is 23.5 Å². The number of aliphatic hydroxyl groups is 1. The molecule has 1 fully saturated rings. The Balaban J connectivity index is 2.44. The molecule has 1 atom stereocenters. The van der Waals surface area contributed by atoms with Crippen LogP contribution in [0.4, 0.5) is 15.8 Å². The third-order valence-corrected chi connectivity index (χ3v) is 3.78. The number of hydrogen-bond acceptors (Lipinski definition) is 4. The summed E-state index contributed by atoms with van der Waals surface area (Å²) in [6.07, 6.45) is 3.44. The molecule has 1 unspecified atom stereocenters. The second kappa shape index (κ2) is 6.09. The van der Waals surface area contributed by atoms with Gasteiger partial charge in [-0.25, -0.2) is 9.18 Å². The number of nitrogens with two attached hydrogens (primary N) is 1. The van der Waals surface area contributed by atoms with E-state index >= 15 is 0 Å². The number of anilines is 2. The average Bonchev–Trinajstić information content (AvgIpc) is 2.42. The molecule has 0 amide bonds. The third-order valence-electron chi connectivity index (χ3n) is 3.78. The first-order valence-electron chi connectivity index (χ1n) is 6.75. The molecule has 1 saturated heterocycles. The van der Waals surface area contributed by atoms with Crippen molar-refractivity contribution in [3.63, 3.8) is 0 Å². The molecule has 4 N–H and O–H groups in total. The highest BCUT2D eigenvalue weighted by molar-refractivity contribution is 6.00. The van der Waals surface area contributed by atoms with Crippen LogP contribution in [0.5, 0.6) is 0 Å². The van der Waals surface area contributed by atoms with Gasteiger partial charge in [-0.15, -0.1) is 0 Å². The van der Waals surface area contributed by atoms with E-state index in [1.807, 2.05) is 4.90 Å². The van der Waals surface area contributed by atoms with Gasteiger partial charge in [0.15, 0.2) is 0 Å². The van der Waals surface area contributed by atoms with Gasteiger partial charge in [0.05, 0.1) is 11.4 Å². The first-order chi connectivity index (χ1) is 9.56. The zero-order valence-electron chi connectivity index (χ0n) is 11.2. The van der Waals surface area contributed by atoms with E-state index in [0.717, 1.165) is 19.3 Å². The molecule has 1 aromatic rings. The van der Waals surface area contributed by atoms with E-state index in [0.29, 0.717) is 18.7 Å². The Kier molecular flexibility index (Phi) is 4.44. The van der Waals surface area contributed by atoms with E-state index in [1.165, 1.54) is 12.1 Å². The monoisotopic (exact) mass is 282 g/mol. The van der Waals surface area contributed by atoms with Crippen LogP contribution in [0, 0.1) is 5.82 Å². The fourth-order valence-corrected chi connectivity index (χ4v) is 2.81. The number of piperidine rings is 1. The Bertz CT molecular complexity index is 505. The highest BCUT2D eigenvalue weighted by Crippen LogP contribution is 2.33. The molecule has 0 saturated carbocycles. The first-order valence-corrected chi connectivity index (χ1v) is 6.75. The van der Waals surface area contributed by atoms with Gasteiger partial charge in [-0.1, -0.05) is 0 Å². The van der Waals surface area contributed by atoms with Crippen LogP contribution >= 0.6 is 0 Å². The highest BCUT2D eigenvalue weighted by atomic mass is 19.1. The zero-order valence-corrected chi connectivity index (χ0v) is 11.2. The average molecular weight is 282 g/mol. The van der Waals surface area contributed by atoms with Gasteiger partial charge in [-0.2, -0.15) is 0 Å². The van der Waals surface area contributed by atoms with Crippen LogP contribution in [0.15, 0.2) is 12.1 Å². The number of aliphatic hydroxyl groups excluding tert-OH is 1. The van der Waals surface area contributed by atoms with Gasteiger partial charge in [0.2, 0.25) is 0 Å². The van der Waals surface area contributed by atoms with Crippen LogP contribution in [0.3, 0.4) is 0 Å². The third kappa shape index (κ3) is 2.70. The van der Waals surface area contributed by atoms with Crippen molar-refractivity contribution in [3.8, 4) is 0 Å². The van der Waals surface area contributed by atoms with Crippen molar-refractivity contribution >= 4 is 17.3 Å². The molecule has 0 aromatic heterocycles. The maximum absolute atomic E-state index is 13.5. The molecule has 20 heavy (non-hydrogen) atoms. The molecule has 0 radical (unpaired) electrons. The van der Waals surface area contributed by atoms with Crippen LogP contribution in [-0.4, -0.2) is 35.4 Å². The lowest BCUT2D eigenvalue weighted by Gasteiger charge is -2.38. The Morgan fingerprint density at radius 1 is 1.45 bits per heavy atom. The number of rotatable bonds is 4. The largest absolute Gasteiger partial charge is 0.478 e. The summed E-state index contributed by atoms with van der Waals surface area (Å²) in [6, 6.07) is 2.73. The molecule has 6 heteroatoms. The number of aromatic carboxylic acids is 1. The van der Waals surface area contributed by atoms with Crippen molar-refractivity contribution < 1.29 is 19.4 Å². The highest BCUT2D eigenvalue weighted by Gasteiger charge is 2.27. The van der Waals surface area contributed by atoms with Crippen molar-refractivity contribution in [1.29, 1.82) is 0 Å². The molecular weight excluding hydrogens is 263 g/mol. The summed E-state index contributed by atoms with van der Waals surface area (Å²) in [5.41, 5.74) is 5.50. The Labute approximate surface area is 116 Å². The van der Waals surface area contributed by atoms with Gasteiger partial charge >= 0.3 is 5.97 Å². The number of halogens is 1. The molecular formula is C14H19FN2O3. The number of nitrogen functional groups attached to an aromatic ring is 1. The summed E-state index contributed by atoms with van der Waals surface area (Å²) in [6.45, 7) is 0.732. The molecule has 0 aliphatic carbocycles. The molecule has 5 nitrogen and oxygen atoms in total. The molecule has 0 bridgehead atoms. The van der Waals surface area contributed by atoms with Gasteiger partial charge in [-0.05, 0) is 37.8 Å². The molecule has 1 aliphatic rings. The number of benzene rings is 1. The van der Waals surface area contributed by atoms with E-state index in [4.69, 9.17) is 10.8 Å². The number of hydrogen-bond donors (Lipinski definition) is 3. The van der Waals surface area contributed by atoms with E-state index in [2.05, 4.69) is 0 Å². The van der Waals surface area contributed by atoms with Crippen LogP contribution in [0.1, 0.15) is 36.0 Å². The Hall–Kier alpha value is -1.82. The number of carbonyl (C=O) groups is 1. The SMILES string of the molecule is Nc1c(F)ccc(N2CCCCC2CCO)c1C(=O)O. The molecule has 1 heterocycles. The van der Waals surface area contributed by atoms with Crippen LogP contribution in [-0.2, 0) is 0 Å². The fourth-order valence-electron chi connectivity index (χ4n) is 2.81. The lowest BCUT2D eigenvalue weighted by Crippen LogP contribution is -2.41. The van der Waals surface area contributed by atoms with Crippen LogP contribution in [0.25, 0.3) is 0 Å².